The fraction of sp³-hybridized carbons (Fsp3) is 0.474. The zero-order valence-electron chi connectivity index (χ0n) is 14.4. The van der Waals surface area contributed by atoms with Crippen LogP contribution in [0.1, 0.15) is 41.8 Å². The van der Waals surface area contributed by atoms with Crippen LogP contribution in [0.15, 0.2) is 30.3 Å². The Balaban J connectivity index is 1.67. The van der Waals surface area contributed by atoms with Gasteiger partial charge < -0.3 is 4.90 Å². The zero-order valence-corrected chi connectivity index (χ0v) is 14.4. The Labute approximate surface area is 138 Å². The van der Waals surface area contributed by atoms with Gasteiger partial charge in [-0.1, -0.05) is 30.3 Å². The Morgan fingerprint density at radius 1 is 1.30 bits per heavy atom. The van der Waals surface area contributed by atoms with Gasteiger partial charge in [0.05, 0.1) is 5.69 Å². The van der Waals surface area contributed by atoms with Crippen molar-refractivity contribution in [3.63, 3.8) is 0 Å². The predicted molar refractivity (Wildman–Crippen MR) is 91.1 cm³/mol. The number of rotatable bonds is 5. The first-order valence-corrected chi connectivity index (χ1v) is 8.35. The lowest BCUT2D eigenvalue weighted by Crippen LogP contribution is -2.28. The second-order valence-electron chi connectivity index (χ2n) is 6.52. The van der Waals surface area contributed by atoms with Crippen molar-refractivity contribution in [3.05, 3.63) is 52.8 Å². The van der Waals surface area contributed by atoms with Crippen LogP contribution in [-0.2, 0) is 17.9 Å². The van der Waals surface area contributed by atoms with Gasteiger partial charge in [-0.3, -0.25) is 9.48 Å². The largest absolute Gasteiger partial charge is 0.341 e. The van der Waals surface area contributed by atoms with Gasteiger partial charge in [0.1, 0.15) is 0 Å². The fourth-order valence-electron chi connectivity index (χ4n) is 3.41. The average Bonchev–Trinajstić information content (AvgIpc) is 3.32. The van der Waals surface area contributed by atoms with E-state index in [4.69, 9.17) is 0 Å². The SMILES string of the molecule is CCn1nc(C)c(CN(C)C(=O)[C@@H]2C[C@H]2c2ccccc2)c1C. The second-order valence-corrected chi connectivity index (χ2v) is 6.52. The molecule has 1 aliphatic rings. The molecule has 0 radical (unpaired) electrons. The molecular weight excluding hydrogens is 286 g/mol. The van der Waals surface area contributed by atoms with Crippen molar-refractivity contribution in [2.24, 2.45) is 5.92 Å². The second kappa shape index (κ2) is 6.19. The molecule has 0 unspecified atom stereocenters. The molecule has 4 heteroatoms. The molecule has 1 saturated carbocycles. The Hall–Kier alpha value is -2.10. The average molecular weight is 311 g/mol. The van der Waals surface area contributed by atoms with Crippen LogP contribution in [0.3, 0.4) is 0 Å². The summed E-state index contributed by atoms with van der Waals surface area (Å²) in [5.74, 6) is 0.790. The molecule has 0 bridgehead atoms. The summed E-state index contributed by atoms with van der Waals surface area (Å²) in [5, 5.41) is 4.54. The predicted octanol–water partition coefficient (Wildman–Crippen LogP) is 3.28. The van der Waals surface area contributed by atoms with Crippen LogP contribution in [0.4, 0.5) is 0 Å². The van der Waals surface area contributed by atoms with Crippen LogP contribution in [0.2, 0.25) is 0 Å². The molecule has 1 aliphatic carbocycles. The van der Waals surface area contributed by atoms with Gasteiger partial charge in [0.25, 0.3) is 0 Å². The molecule has 0 N–H and O–H groups in total. The Bertz CT molecular complexity index is 705. The summed E-state index contributed by atoms with van der Waals surface area (Å²) in [5.41, 5.74) is 4.66. The van der Waals surface area contributed by atoms with E-state index in [1.54, 1.807) is 0 Å². The van der Waals surface area contributed by atoms with E-state index in [0.717, 1.165) is 18.7 Å². The summed E-state index contributed by atoms with van der Waals surface area (Å²) in [6.07, 6.45) is 0.972. The maximum Gasteiger partial charge on any atom is 0.226 e. The molecule has 1 aromatic heterocycles. The Kier molecular flexibility index (Phi) is 4.24. The highest BCUT2D eigenvalue weighted by molar-refractivity contribution is 5.82. The highest BCUT2D eigenvalue weighted by atomic mass is 16.2. The number of aromatic nitrogens is 2. The first-order chi connectivity index (χ1) is 11.0. The molecule has 122 valence electrons. The van der Waals surface area contributed by atoms with Gasteiger partial charge in [0, 0.05) is 37.3 Å². The molecule has 1 fully saturated rings. The first-order valence-electron chi connectivity index (χ1n) is 8.35. The van der Waals surface area contributed by atoms with Crippen molar-refractivity contribution in [2.45, 2.75) is 46.2 Å². The number of carbonyl (C=O) groups excluding carboxylic acids is 1. The standard InChI is InChI=1S/C19H25N3O/c1-5-22-14(3)18(13(2)20-22)12-21(4)19(23)17-11-16(17)15-9-7-6-8-10-15/h6-10,16-17H,5,11-12H2,1-4H3/t16-,17+/m0/s1. The summed E-state index contributed by atoms with van der Waals surface area (Å²) >= 11 is 0. The molecule has 0 saturated heterocycles. The lowest BCUT2D eigenvalue weighted by atomic mass is 10.1. The van der Waals surface area contributed by atoms with Gasteiger partial charge in [0.2, 0.25) is 5.91 Å². The topological polar surface area (TPSA) is 38.1 Å². The van der Waals surface area contributed by atoms with Crippen LogP contribution in [0, 0.1) is 19.8 Å². The molecular formula is C19H25N3O. The van der Waals surface area contributed by atoms with Gasteiger partial charge in [-0.2, -0.15) is 5.10 Å². The van der Waals surface area contributed by atoms with Crippen LogP contribution in [0.5, 0.6) is 0 Å². The first kappa shape index (κ1) is 15.8. The molecule has 2 atom stereocenters. The summed E-state index contributed by atoms with van der Waals surface area (Å²) in [4.78, 5) is 14.6. The summed E-state index contributed by atoms with van der Waals surface area (Å²) in [7, 11) is 1.91. The molecule has 0 spiro atoms. The highest BCUT2D eigenvalue weighted by Gasteiger charge is 2.45. The van der Waals surface area contributed by atoms with Crippen LogP contribution in [-0.4, -0.2) is 27.6 Å². The maximum absolute atomic E-state index is 12.7. The summed E-state index contributed by atoms with van der Waals surface area (Å²) in [6, 6.07) is 10.4. The highest BCUT2D eigenvalue weighted by Crippen LogP contribution is 2.48. The fourth-order valence-corrected chi connectivity index (χ4v) is 3.41. The molecule has 4 nitrogen and oxygen atoms in total. The third-order valence-corrected chi connectivity index (χ3v) is 4.94. The molecule has 0 aliphatic heterocycles. The van der Waals surface area contributed by atoms with E-state index in [-0.39, 0.29) is 11.8 Å². The van der Waals surface area contributed by atoms with Crippen molar-refractivity contribution in [2.75, 3.05) is 7.05 Å². The Morgan fingerprint density at radius 2 is 2.00 bits per heavy atom. The van der Waals surface area contributed by atoms with E-state index in [1.165, 1.54) is 16.8 Å². The quantitative estimate of drug-likeness (QED) is 0.850. The van der Waals surface area contributed by atoms with Gasteiger partial charge in [-0.15, -0.1) is 0 Å². The van der Waals surface area contributed by atoms with Crippen molar-refractivity contribution >= 4 is 5.91 Å². The smallest absolute Gasteiger partial charge is 0.226 e. The number of carbonyl (C=O) groups is 1. The zero-order chi connectivity index (χ0) is 16.6. The van der Waals surface area contributed by atoms with Crippen molar-refractivity contribution in [3.8, 4) is 0 Å². The normalized spacial score (nSPS) is 19.7. The van der Waals surface area contributed by atoms with Crippen LogP contribution < -0.4 is 0 Å². The van der Waals surface area contributed by atoms with Gasteiger partial charge in [-0.05, 0) is 38.7 Å². The Morgan fingerprint density at radius 3 is 2.61 bits per heavy atom. The lowest BCUT2D eigenvalue weighted by Gasteiger charge is -2.18. The number of hydrogen-bond acceptors (Lipinski definition) is 2. The van der Waals surface area contributed by atoms with E-state index >= 15 is 0 Å². The number of amides is 1. The van der Waals surface area contributed by atoms with E-state index in [0.29, 0.717) is 12.5 Å². The summed E-state index contributed by atoms with van der Waals surface area (Å²) < 4.78 is 2.01. The third-order valence-electron chi connectivity index (χ3n) is 4.94. The van der Waals surface area contributed by atoms with E-state index in [9.17, 15) is 4.79 Å². The van der Waals surface area contributed by atoms with Crippen molar-refractivity contribution in [1.82, 2.24) is 14.7 Å². The molecule has 1 aromatic carbocycles. The van der Waals surface area contributed by atoms with E-state index in [1.807, 2.05) is 41.8 Å². The van der Waals surface area contributed by atoms with Crippen molar-refractivity contribution in [1.29, 1.82) is 0 Å². The van der Waals surface area contributed by atoms with Crippen LogP contribution in [0.25, 0.3) is 0 Å². The number of aryl methyl sites for hydroxylation is 2. The lowest BCUT2D eigenvalue weighted by molar-refractivity contribution is -0.131. The minimum atomic E-state index is 0.143. The third kappa shape index (κ3) is 3.03. The van der Waals surface area contributed by atoms with Crippen molar-refractivity contribution < 1.29 is 4.79 Å². The summed E-state index contributed by atoms with van der Waals surface area (Å²) in [6.45, 7) is 7.71. The van der Waals surface area contributed by atoms with E-state index < -0.39 is 0 Å². The molecule has 1 heterocycles. The van der Waals surface area contributed by atoms with Gasteiger partial charge >= 0.3 is 0 Å². The van der Waals surface area contributed by atoms with Gasteiger partial charge in [-0.25, -0.2) is 0 Å². The monoisotopic (exact) mass is 311 g/mol. The van der Waals surface area contributed by atoms with Gasteiger partial charge in [0.15, 0.2) is 0 Å². The van der Waals surface area contributed by atoms with Crippen LogP contribution >= 0.6 is 0 Å². The minimum Gasteiger partial charge on any atom is -0.341 e. The maximum atomic E-state index is 12.7. The van der Waals surface area contributed by atoms with E-state index in [2.05, 4.69) is 31.1 Å². The molecule has 3 rings (SSSR count). The molecule has 2 aromatic rings. The number of hydrogen-bond donors (Lipinski definition) is 0. The minimum absolute atomic E-state index is 0.143. The number of benzene rings is 1. The molecule has 1 amide bonds. The molecule has 23 heavy (non-hydrogen) atoms. The number of nitrogens with zero attached hydrogens (tertiary/aromatic N) is 3.